The van der Waals surface area contributed by atoms with E-state index >= 15 is 0 Å². The molecule has 3 rings (SSSR count). The molecule has 0 amide bonds. The number of carboxylic acid groups (broad SMARTS) is 1. The molecule has 6 nitrogen and oxygen atoms in total. The van der Waals surface area contributed by atoms with Crippen molar-refractivity contribution < 1.29 is 19.2 Å². The summed E-state index contributed by atoms with van der Waals surface area (Å²) < 4.78 is 10.5. The summed E-state index contributed by atoms with van der Waals surface area (Å²) in [6.07, 6.45) is 0. The Kier molecular flexibility index (Phi) is 3.48. The van der Waals surface area contributed by atoms with Crippen molar-refractivity contribution in [1.29, 1.82) is 0 Å². The first kappa shape index (κ1) is 12.8. The van der Waals surface area contributed by atoms with E-state index in [1.807, 2.05) is 16.8 Å². The van der Waals surface area contributed by atoms with Crippen molar-refractivity contribution in [3.05, 3.63) is 39.0 Å². The SMILES string of the molecule is O=C(O)c1cc(OCc2noc(-c3ccsc3)n2)cs1. The molecular weight excluding hydrogens is 300 g/mol. The lowest BCUT2D eigenvalue weighted by Crippen LogP contribution is -1.97. The molecular formula is C12H8N2O4S2. The summed E-state index contributed by atoms with van der Waals surface area (Å²) in [7, 11) is 0. The monoisotopic (exact) mass is 308 g/mol. The third kappa shape index (κ3) is 2.70. The van der Waals surface area contributed by atoms with Crippen molar-refractivity contribution in [2.45, 2.75) is 6.61 Å². The van der Waals surface area contributed by atoms with E-state index in [-0.39, 0.29) is 11.5 Å². The van der Waals surface area contributed by atoms with Gasteiger partial charge in [0.25, 0.3) is 5.89 Å². The van der Waals surface area contributed by atoms with E-state index in [9.17, 15) is 4.79 Å². The van der Waals surface area contributed by atoms with Gasteiger partial charge >= 0.3 is 5.97 Å². The highest BCUT2D eigenvalue weighted by Crippen LogP contribution is 2.23. The molecule has 0 aromatic carbocycles. The molecule has 0 fully saturated rings. The van der Waals surface area contributed by atoms with E-state index in [2.05, 4.69) is 10.1 Å². The minimum absolute atomic E-state index is 0.128. The molecule has 0 saturated heterocycles. The van der Waals surface area contributed by atoms with Gasteiger partial charge in [0.05, 0.1) is 5.56 Å². The summed E-state index contributed by atoms with van der Waals surface area (Å²) >= 11 is 2.65. The van der Waals surface area contributed by atoms with Crippen LogP contribution >= 0.6 is 22.7 Å². The quantitative estimate of drug-likeness (QED) is 0.779. The number of aromatic carboxylic acids is 1. The van der Waals surface area contributed by atoms with Crippen molar-refractivity contribution in [2.75, 3.05) is 0 Å². The van der Waals surface area contributed by atoms with Gasteiger partial charge in [-0.2, -0.15) is 16.3 Å². The average molecular weight is 308 g/mol. The summed E-state index contributed by atoms with van der Waals surface area (Å²) in [4.78, 5) is 15.2. The lowest BCUT2D eigenvalue weighted by atomic mass is 10.3. The van der Waals surface area contributed by atoms with Crippen LogP contribution in [0.4, 0.5) is 0 Å². The summed E-state index contributed by atoms with van der Waals surface area (Å²) in [6.45, 7) is 0.128. The average Bonchev–Trinajstić information content (AvgIpc) is 3.17. The van der Waals surface area contributed by atoms with Gasteiger partial charge in [-0.25, -0.2) is 4.79 Å². The number of carbonyl (C=O) groups is 1. The number of hydrogen-bond donors (Lipinski definition) is 1. The fraction of sp³-hybridized carbons (Fsp3) is 0.0833. The first-order valence-corrected chi connectivity index (χ1v) is 7.34. The number of thiophene rings is 2. The summed E-state index contributed by atoms with van der Waals surface area (Å²) in [6, 6.07) is 3.35. The maximum Gasteiger partial charge on any atom is 0.346 e. The largest absolute Gasteiger partial charge is 0.485 e. The lowest BCUT2D eigenvalue weighted by molar-refractivity contribution is 0.0702. The Morgan fingerprint density at radius 2 is 2.35 bits per heavy atom. The first-order valence-electron chi connectivity index (χ1n) is 5.52. The van der Waals surface area contributed by atoms with Gasteiger partial charge in [0, 0.05) is 16.8 Å². The Morgan fingerprint density at radius 3 is 3.05 bits per heavy atom. The van der Waals surface area contributed by atoms with Crippen LogP contribution in [-0.4, -0.2) is 21.2 Å². The molecule has 0 aliphatic rings. The van der Waals surface area contributed by atoms with Crippen molar-refractivity contribution in [2.24, 2.45) is 0 Å². The van der Waals surface area contributed by atoms with Crippen LogP contribution in [0.25, 0.3) is 11.5 Å². The third-order valence-electron chi connectivity index (χ3n) is 2.39. The molecule has 0 aliphatic carbocycles. The predicted octanol–water partition coefficient (Wildman–Crippen LogP) is 3.14. The fourth-order valence-corrected chi connectivity index (χ4v) is 2.76. The van der Waals surface area contributed by atoms with Crippen LogP contribution in [0.5, 0.6) is 5.75 Å². The molecule has 102 valence electrons. The van der Waals surface area contributed by atoms with Crippen molar-refractivity contribution in [3.63, 3.8) is 0 Å². The zero-order valence-electron chi connectivity index (χ0n) is 9.98. The maximum absolute atomic E-state index is 10.7. The normalized spacial score (nSPS) is 10.6. The zero-order chi connectivity index (χ0) is 13.9. The summed E-state index contributed by atoms with van der Waals surface area (Å²) in [5, 5.41) is 18.1. The predicted molar refractivity (Wildman–Crippen MR) is 73.2 cm³/mol. The highest BCUT2D eigenvalue weighted by Gasteiger charge is 2.11. The van der Waals surface area contributed by atoms with Crippen LogP contribution in [0, 0.1) is 0 Å². The Bertz CT molecular complexity index is 717. The standard InChI is InChI=1S/C12H8N2O4S2/c15-12(16)9-3-8(6-20-9)17-4-10-13-11(18-14-10)7-1-2-19-5-7/h1-3,5-6H,4H2,(H,15,16). The Labute approximate surface area is 121 Å². The minimum Gasteiger partial charge on any atom is -0.485 e. The maximum atomic E-state index is 10.7. The molecule has 0 radical (unpaired) electrons. The van der Waals surface area contributed by atoms with E-state index in [1.165, 1.54) is 6.07 Å². The van der Waals surface area contributed by atoms with Gasteiger partial charge < -0.3 is 14.4 Å². The highest BCUT2D eigenvalue weighted by atomic mass is 32.1. The van der Waals surface area contributed by atoms with Crippen LogP contribution in [0.1, 0.15) is 15.5 Å². The molecule has 0 aliphatic heterocycles. The molecule has 0 saturated carbocycles. The van der Waals surface area contributed by atoms with Gasteiger partial charge in [0.1, 0.15) is 10.6 Å². The van der Waals surface area contributed by atoms with Crippen LogP contribution < -0.4 is 4.74 Å². The van der Waals surface area contributed by atoms with Crippen molar-refractivity contribution in [1.82, 2.24) is 10.1 Å². The molecule has 0 spiro atoms. The zero-order valence-corrected chi connectivity index (χ0v) is 11.6. The Morgan fingerprint density at radius 1 is 1.45 bits per heavy atom. The van der Waals surface area contributed by atoms with Crippen molar-refractivity contribution >= 4 is 28.6 Å². The second-order valence-electron chi connectivity index (χ2n) is 3.77. The molecule has 20 heavy (non-hydrogen) atoms. The summed E-state index contributed by atoms with van der Waals surface area (Å²) in [5.41, 5.74) is 0.873. The van der Waals surface area contributed by atoms with E-state index in [4.69, 9.17) is 14.4 Å². The lowest BCUT2D eigenvalue weighted by Gasteiger charge is -1.97. The first-order chi connectivity index (χ1) is 9.72. The van der Waals surface area contributed by atoms with Crippen LogP contribution in [0.15, 0.2) is 32.8 Å². The molecule has 0 atom stereocenters. The number of hydrogen-bond acceptors (Lipinski definition) is 7. The van der Waals surface area contributed by atoms with Crippen LogP contribution in [0.2, 0.25) is 0 Å². The van der Waals surface area contributed by atoms with Gasteiger partial charge in [-0.1, -0.05) is 5.16 Å². The third-order valence-corrected chi connectivity index (χ3v) is 3.97. The van der Waals surface area contributed by atoms with Gasteiger partial charge in [-0.05, 0) is 11.4 Å². The second-order valence-corrected chi connectivity index (χ2v) is 5.46. The minimum atomic E-state index is -0.968. The summed E-state index contributed by atoms with van der Waals surface area (Å²) in [5.74, 6) is 0.370. The Balaban J connectivity index is 1.65. The van der Waals surface area contributed by atoms with Crippen molar-refractivity contribution in [3.8, 4) is 17.2 Å². The number of ether oxygens (including phenoxy) is 1. The molecule has 0 bridgehead atoms. The van der Waals surface area contributed by atoms with Gasteiger partial charge in [0.2, 0.25) is 5.82 Å². The second kappa shape index (κ2) is 5.43. The highest BCUT2D eigenvalue weighted by molar-refractivity contribution is 7.12. The van der Waals surface area contributed by atoms with Gasteiger partial charge in [-0.3, -0.25) is 0 Å². The molecule has 0 unspecified atom stereocenters. The molecule has 3 aromatic heterocycles. The Hall–Kier alpha value is -2.19. The van der Waals surface area contributed by atoms with E-state index in [1.54, 1.807) is 16.7 Å². The number of carboxylic acids is 1. The topological polar surface area (TPSA) is 85.5 Å². The molecule has 3 aromatic rings. The van der Waals surface area contributed by atoms with Gasteiger partial charge in [0.15, 0.2) is 6.61 Å². The van der Waals surface area contributed by atoms with E-state index < -0.39 is 5.97 Å². The van der Waals surface area contributed by atoms with Crippen LogP contribution in [0.3, 0.4) is 0 Å². The van der Waals surface area contributed by atoms with Gasteiger partial charge in [-0.15, -0.1) is 11.3 Å². The molecule has 8 heteroatoms. The molecule has 1 N–H and O–H groups in total. The van der Waals surface area contributed by atoms with E-state index in [0.29, 0.717) is 17.5 Å². The van der Waals surface area contributed by atoms with E-state index in [0.717, 1.165) is 16.9 Å². The van der Waals surface area contributed by atoms with Crippen LogP contribution in [-0.2, 0) is 6.61 Å². The number of rotatable bonds is 5. The number of aromatic nitrogens is 2. The molecule has 3 heterocycles. The fourth-order valence-electron chi connectivity index (χ4n) is 1.47. The number of nitrogens with zero attached hydrogens (tertiary/aromatic N) is 2. The smallest absolute Gasteiger partial charge is 0.346 e.